The first-order chi connectivity index (χ1) is 14.4. The molecule has 0 N–H and O–H groups in total. The van der Waals surface area contributed by atoms with Gasteiger partial charge in [0, 0.05) is 24.7 Å². The van der Waals surface area contributed by atoms with Crippen molar-refractivity contribution in [2.45, 2.75) is 31.7 Å². The first-order valence-electron chi connectivity index (χ1n) is 9.73. The lowest BCUT2D eigenvalue weighted by molar-refractivity contribution is -0.129. The Labute approximate surface area is 183 Å². The van der Waals surface area contributed by atoms with E-state index in [1.807, 2.05) is 24.3 Å². The van der Waals surface area contributed by atoms with Crippen LogP contribution in [0.25, 0.3) is 10.2 Å². The second-order valence-corrected chi connectivity index (χ2v) is 8.92. The average Bonchev–Trinajstić information content (AvgIpc) is 3.36. The maximum absolute atomic E-state index is 13.7. The van der Waals surface area contributed by atoms with Crippen LogP contribution in [0.3, 0.4) is 0 Å². The molecule has 0 spiro atoms. The number of allylic oxidation sites excluding steroid dienone is 1. The monoisotopic (exact) mass is 441 g/mol. The third-order valence-electron chi connectivity index (χ3n) is 5.23. The summed E-state index contributed by atoms with van der Waals surface area (Å²) in [4.78, 5) is 23.7. The first-order valence-corrected chi connectivity index (χ1v) is 10.9. The highest BCUT2D eigenvalue weighted by atomic mass is 35.5. The molecule has 2 atom stereocenters. The molecule has 3 aromatic rings. The molecule has 2 aromatic carbocycles. The van der Waals surface area contributed by atoms with Gasteiger partial charge in [0.15, 0.2) is 0 Å². The number of likely N-dealkylation sites (N-methyl/N-ethyl adjacent to an activating group) is 1. The topological polar surface area (TPSA) is 45.6 Å². The SMILES string of the molecule is C[C@@H](C(=O)N(C)C1=CC(CCc2nc3ccccc3s2)N=C1)c1cc(F)cc(Cl)c1. The number of hydrogen-bond acceptors (Lipinski definition) is 4. The van der Waals surface area contributed by atoms with Gasteiger partial charge < -0.3 is 4.90 Å². The van der Waals surface area contributed by atoms with Crippen molar-refractivity contribution in [2.75, 3.05) is 7.05 Å². The van der Waals surface area contributed by atoms with E-state index in [1.165, 1.54) is 16.8 Å². The molecule has 1 aliphatic heterocycles. The van der Waals surface area contributed by atoms with Crippen molar-refractivity contribution in [2.24, 2.45) is 4.99 Å². The molecule has 0 fully saturated rings. The Morgan fingerprint density at radius 1 is 1.30 bits per heavy atom. The molecule has 0 saturated carbocycles. The Kier molecular flexibility index (Phi) is 5.97. The number of rotatable bonds is 6. The number of aliphatic imine (C=N–C) groups is 1. The Bertz CT molecular complexity index is 1100. The van der Waals surface area contributed by atoms with Crippen LogP contribution < -0.4 is 0 Å². The number of carbonyl (C=O) groups excluding carboxylic acids is 1. The largest absolute Gasteiger partial charge is 0.314 e. The summed E-state index contributed by atoms with van der Waals surface area (Å²) in [5, 5.41) is 1.37. The molecule has 2 heterocycles. The summed E-state index contributed by atoms with van der Waals surface area (Å²) in [5.74, 6) is -1.10. The Balaban J connectivity index is 1.39. The molecular formula is C23H21ClFN3OS. The summed E-state index contributed by atoms with van der Waals surface area (Å²) in [6.07, 6.45) is 5.39. The lowest BCUT2D eigenvalue weighted by Crippen LogP contribution is -2.30. The number of para-hydroxylation sites is 1. The smallest absolute Gasteiger partial charge is 0.234 e. The molecule has 4 rings (SSSR count). The number of thiazole rings is 1. The van der Waals surface area contributed by atoms with E-state index in [9.17, 15) is 9.18 Å². The molecular weight excluding hydrogens is 421 g/mol. The number of benzene rings is 2. The summed E-state index contributed by atoms with van der Waals surface area (Å²) < 4.78 is 14.8. The molecule has 0 bridgehead atoms. The second kappa shape index (κ2) is 8.66. The predicted octanol–water partition coefficient (Wildman–Crippen LogP) is 5.62. The molecule has 0 aliphatic carbocycles. The zero-order chi connectivity index (χ0) is 21.3. The van der Waals surface area contributed by atoms with Gasteiger partial charge in [-0.1, -0.05) is 23.7 Å². The van der Waals surface area contributed by atoms with Crippen LogP contribution in [0.2, 0.25) is 5.02 Å². The highest BCUT2D eigenvalue weighted by molar-refractivity contribution is 7.18. The molecule has 154 valence electrons. The van der Waals surface area contributed by atoms with Crippen LogP contribution >= 0.6 is 22.9 Å². The standard InChI is InChI=1S/C23H21ClFN3OS/c1-14(15-9-16(24)11-17(25)10-15)23(29)28(2)19-12-18(26-13-19)7-8-22-27-20-5-3-4-6-21(20)30-22/h3-6,9-14,18H,7-8H2,1-2H3/t14-,18?/m1/s1. The maximum Gasteiger partial charge on any atom is 0.234 e. The lowest BCUT2D eigenvalue weighted by atomic mass is 9.99. The van der Waals surface area contributed by atoms with Gasteiger partial charge in [-0.25, -0.2) is 9.37 Å². The van der Waals surface area contributed by atoms with Crippen molar-refractivity contribution in [3.63, 3.8) is 0 Å². The minimum absolute atomic E-state index is 0.0150. The van der Waals surface area contributed by atoms with Gasteiger partial charge in [0.1, 0.15) is 5.82 Å². The molecule has 30 heavy (non-hydrogen) atoms. The summed E-state index contributed by atoms with van der Waals surface area (Å²) in [5.41, 5.74) is 2.34. The number of aromatic nitrogens is 1. The van der Waals surface area contributed by atoms with Crippen LogP contribution in [-0.2, 0) is 11.2 Å². The minimum Gasteiger partial charge on any atom is -0.314 e. The van der Waals surface area contributed by atoms with Crippen molar-refractivity contribution >= 4 is 45.3 Å². The normalized spacial score (nSPS) is 16.7. The van der Waals surface area contributed by atoms with E-state index in [0.29, 0.717) is 5.56 Å². The number of aryl methyl sites for hydroxylation is 1. The third-order valence-corrected chi connectivity index (χ3v) is 6.54. The number of hydrogen-bond donors (Lipinski definition) is 0. The van der Waals surface area contributed by atoms with Crippen LogP contribution in [0.5, 0.6) is 0 Å². The van der Waals surface area contributed by atoms with Gasteiger partial charge in [0.2, 0.25) is 5.91 Å². The van der Waals surface area contributed by atoms with Crippen LogP contribution in [0.15, 0.2) is 59.2 Å². The number of amides is 1. The van der Waals surface area contributed by atoms with Crippen LogP contribution in [-0.4, -0.2) is 35.1 Å². The Morgan fingerprint density at radius 3 is 2.87 bits per heavy atom. The number of carbonyl (C=O) groups is 1. The van der Waals surface area contributed by atoms with Gasteiger partial charge in [0.25, 0.3) is 0 Å². The second-order valence-electron chi connectivity index (χ2n) is 7.37. The van der Waals surface area contributed by atoms with Gasteiger partial charge in [-0.15, -0.1) is 11.3 Å². The quantitative estimate of drug-likeness (QED) is 0.498. The van der Waals surface area contributed by atoms with Crippen molar-refractivity contribution in [3.05, 3.63) is 75.6 Å². The van der Waals surface area contributed by atoms with Gasteiger partial charge in [-0.2, -0.15) is 0 Å². The average molecular weight is 442 g/mol. The van der Waals surface area contributed by atoms with Crippen molar-refractivity contribution < 1.29 is 9.18 Å². The highest BCUT2D eigenvalue weighted by Crippen LogP contribution is 2.26. The number of halogens is 2. The van der Waals surface area contributed by atoms with Crippen molar-refractivity contribution in [1.29, 1.82) is 0 Å². The van der Waals surface area contributed by atoms with E-state index in [4.69, 9.17) is 11.6 Å². The van der Waals surface area contributed by atoms with E-state index in [1.54, 1.807) is 42.5 Å². The van der Waals surface area contributed by atoms with Gasteiger partial charge >= 0.3 is 0 Å². The Morgan fingerprint density at radius 2 is 2.10 bits per heavy atom. The summed E-state index contributed by atoms with van der Waals surface area (Å²) >= 11 is 7.64. The zero-order valence-electron chi connectivity index (χ0n) is 16.7. The van der Waals surface area contributed by atoms with Gasteiger partial charge in [0.05, 0.1) is 32.9 Å². The fourth-order valence-electron chi connectivity index (χ4n) is 3.50. The van der Waals surface area contributed by atoms with E-state index < -0.39 is 11.7 Å². The molecule has 1 amide bonds. The highest BCUT2D eigenvalue weighted by Gasteiger charge is 2.24. The van der Waals surface area contributed by atoms with Gasteiger partial charge in [-0.05, 0) is 55.3 Å². The predicted molar refractivity (Wildman–Crippen MR) is 121 cm³/mol. The molecule has 0 saturated heterocycles. The van der Waals surface area contributed by atoms with E-state index in [2.05, 4.69) is 16.0 Å². The van der Waals surface area contributed by atoms with E-state index in [0.717, 1.165) is 29.1 Å². The minimum atomic E-state index is -0.515. The molecule has 7 heteroatoms. The first kappa shape index (κ1) is 20.7. The van der Waals surface area contributed by atoms with E-state index >= 15 is 0 Å². The molecule has 1 aromatic heterocycles. The third kappa shape index (κ3) is 4.45. The lowest BCUT2D eigenvalue weighted by Gasteiger charge is -2.21. The van der Waals surface area contributed by atoms with Crippen LogP contribution in [0, 0.1) is 5.82 Å². The molecule has 0 radical (unpaired) electrons. The summed E-state index contributed by atoms with van der Waals surface area (Å²) in [7, 11) is 1.72. The fourth-order valence-corrected chi connectivity index (χ4v) is 4.71. The summed E-state index contributed by atoms with van der Waals surface area (Å²) in [6.45, 7) is 1.75. The fraction of sp³-hybridized carbons (Fsp3) is 0.261. The molecule has 1 unspecified atom stereocenters. The van der Waals surface area contributed by atoms with E-state index in [-0.39, 0.29) is 17.0 Å². The van der Waals surface area contributed by atoms with Gasteiger partial charge in [-0.3, -0.25) is 9.79 Å². The zero-order valence-corrected chi connectivity index (χ0v) is 18.3. The van der Waals surface area contributed by atoms with Crippen molar-refractivity contribution in [1.82, 2.24) is 9.88 Å². The van der Waals surface area contributed by atoms with Crippen LogP contribution in [0.1, 0.15) is 29.8 Å². The number of fused-ring (bicyclic) bond motifs is 1. The molecule has 4 nitrogen and oxygen atoms in total. The van der Waals surface area contributed by atoms with Crippen LogP contribution in [0.4, 0.5) is 4.39 Å². The van der Waals surface area contributed by atoms with Crippen molar-refractivity contribution in [3.8, 4) is 0 Å². The Hall–Kier alpha value is -2.57. The number of nitrogens with zero attached hydrogens (tertiary/aromatic N) is 3. The summed E-state index contributed by atoms with van der Waals surface area (Å²) in [6, 6.07) is 12.3. The molecule has 1 aliphatic rings. The maximum atomic E-state index is 13.7.